The van der Waals surface area contributed by atoms with Crippen LogP contribution in [-0.4, -0.2) is 54.1 Å². The van der Waals surface area contributed by atoms with E-state index in [1.807, 2.05) is 24.3 Å². The van der Waals surface area contributed by atoms with Gasteiger partial charge in [0.1, 0.15) is 0 Å². The van der Waals surface area contributed by atoms with Gasteiger partial charge in [0.15, 0.2) is 0 Å². The molecule has 0 spiro atoms. The van der Waals surface area contributed by atoms with Gasteiger partial charge in [-0.25, -0.2) is 0 Å². The van der Waals surface area contributed by atoms with Gasteiger partial charge >= 0.3 is 0 Å². The van der Waals surface area contributed by atoms with Crippen molar-refractivity contribution in [1.82, 2.24) is 4.90 Å². The molecule has 1 atom stereocenters. The van der Waals surface area contributed by atoms with E-state index in [-0.39, 0.29) is 12.7 Å². The number of β-amino-alcohol motifs (C(OH)–C–C–N with tert-alkyl or cyclic N) is 1. The molecule has 21 heavy (non-hydrogen) atoms. The van der Waals surface area contributed by atoms with Crippen LogP contribution in [0.25, 0.3) is 0 Å². The third kappa shape index (κ3) is 5.05. The molecule has 0 amide bonds. The first-order valence-corrected chi connectivity index (χ1v) is 7.64. The van der Waals surface area contributed by atoms with Crippen molar-refractivity contribution in [2.75, 3.05) is 32.8 Å². The minimum Gasteiger partial charge on any atom is -0.394 e. The number of ether oxygens (including phenoxy) is 1. The standard InChI is InChI=1S/C16H26N2O3/c17-11-13-1-3-14(4-2-13)16(20)12-18-7-5-15(6-8-18)21-10-9-19/h1-4,15-16,19-20H,5-12,17H2. The Morgan fingerprint density at radius 2 is 1.90 bits per heavy atom. The summed E-state index contributed by atoms with van der Waals surface area (Å²) in [6, 6.07) is 7.83. The first kappa shape index (κ1) is 16.4. The van der Waals surface area contributed by atoms with Crippen LogP contribution in [0.15, 0.2) is 24.3 Å². The van der Waals surface area contributed by atoms with Crippen LogP contribution in [-0.2, 0) is 11.3 Å². The highest BCUT2D eigenvalue weighted by atomic mass is 16.5. The van der Waals surface area contributed by atoms with E-state index in [1.165, 1.54) is 0 Å². The van der Waals surface area contributed by atoms with Crippen LogP contribution in [0.4, 0.5) is 0 Å². The predicted octanol–water partition coefficient (Wildman–Crippen LogP) is 0.652. The highest BCUT2D eigenvalue weighted by Gasteiger charge is 2.21. The van der Waals surface area contributed by atoms with Gasteiger partial charge in [-0.2, -0.15) is 0 Å². The largest absolute Gasteiger partial charge is 0.394 e. The number of nitrogens with two attached hydrogens (primary N) is 1. The molecule has 1 heterocycles. The van der Waals surface area contributed by atoms with Crippen molar-refractivity contribution >= 4 is 0 Å². The molecule has 0 saturated carbocycles. The van der Waals surface area contributed by atoms with E-state index >= 15 is 0 Å². The molecular weight excluding hydrogens is 268 g/mol. The van der Waals surface area contributed by atoms with E-state index in [4.69, 9.17) is 15.6 Å². The molecule has 0 bridgehead atoms. The zero-order chi connectivity index (χ0) is 15.1. The molecule has 0 aliphatic carbocycles. The van der Waals surface area contributed by atoms with Crippen LogP contribution in [0, 0.1) is 0 Å². The van der Waals surface area contributed by atoms with Gasteiger partial charge in [0.05, 0.1) is 25.4 Å². The van der Waals surface area contributed by atoms with Gasteiger partial charge in [0.2, 0.25) is 0 Å². The SMILES string of the molecule is NCc1ccc(C(O)CN2CCC(OCCO)CC2)cc1. The average molecular weight is 294 g/mol. The number of hydrogen-bond donors (Lipinski definition) is 3. The molecule has 118 valence electrons. The van der Waals surface area contributed by atoms with Gasteiger partial charge in [-0.1, -0.05) is 24.3 Å². The highest BCUT2D eigenvalue weighted by Crippen LogP contribution is 2.19. The molecule has 1 unspecified atom stereocenters. The van der Waals surface area contributed by atoms with Gasteiger partial charge in [-0.05, 0) is 24.0 Å². The fraction of sp³-hybridized carbons (Fsp3) is 0.625. The number of piperidine rings is 1. The summed E-state index contributed by atoms with van der Waals surface area (Å²) in [4.78, 5) is 2.26. The molecule has 5 heteroatoms. The van der Waals surface area contributed by atoms with Gasteiger partial charge in [-0.3, -0.25) is 0 Å². The lowest BCUT2D eigenvalue weighted by Gasteiger charge is -2.33. The van der Waals surface area contributed by atoms with Gasteiger partial charge in [-0.15, -0.1) is 0 Å². The Balaban J connectivity index is 1.76. The van der Waals surface area contributed by atoms with E-state index in [0.717, 1.165) is 37.1 Å². The smallest absolute Gasteiger partial charge is 0.0916 e. The highest BCUT2D eigenvalue weighted by molar-refractivity contribution is 5.24. The van der Waals surface area contributed by atoms with E-state index < -0.39 is 6.10 Å². The minimum atomic E-state index is -0.466. The Kier molecular flexibility index (Phi) is 6.60. The Labute approximate surface area is 126 Å². The first-order valence-electron chi connectivity index (χ1n) is 7.64. The lowest BCUT2D eigenvalue weighted by atomic mass is 10.0. The van der Waals surface area contributed by atoms with Crippen LogP contribution < -0.4 is 5.73 Å². The van der Waals surface area contributed by atoms with Crippen LogP contribution >= 0.6 is 0 Å². The molecule has 1 aliphatic heterocycles. The number of rotatable bonds is 7. The zero-order valence-corrected chi connectivity index (χ0v) is 12.4. The summed E-state index contributed by atoms with van der Waals surface area (Å²) in [6.07, 6.45) is 1.69. The maximum atomic E-state index is 10.3. The summed E-state index contributed by atoms with van der Waals surface area (Å²) in [6.45, 7) is 3.52. The fourth-order valence-corrected chi connectivity index (χ4v) is 2.70. The summed E-state index contributed by atoms with van der Waals surface area (Å²) in [5.74, 6) is 0. The van der Waals surface area contributed by atoms with E-state index in [1.54, 1.807) is 0 Å². The Bertz CT molecular complexity index is 402. The second kappa shape index (κ2) is 8.46. The van der Waals surface area contributed by atoms with Crippen LogP contribution in [0.3, 0.4) is 0 Å². The maximum absolute atomic E-state index is 10.3. The third-order valence-electron chi connectivity index (χ3n) is 4.01. The van der Waals surface area contributed by atoms with Gasteiger partial charge in [0, 0.05) is 26.2 Å². The fourth-order valence-electron chi connectivity index (χ4n) is 2.70. The summed E-state index contributed by atoms with van der Waals surface area (Å²) < 4.78 is 5.54. The number of aliphatic hydroxyl groups is 2. The number of aliphatic hydroxyl groups excluding tert-OH is 2. The van der Waals surface area contributed by atoms with Gasteiger partial charge < -0.3 is 25.6 Å². The lowest BCUT2D eigenvalue weighted by Crippen LogP contribution is -2.39. The molecule has 0 radical (unpaired) electrons. The van der Waals surface area contributed by atoms with Crippen LogP contribution in [0.1, 0.15) is 30.1 Å². The molecular formula is C16H26N2O3. The van der Waals surface area contributed by atoms with Crippen molar-refractivity contribution < 1.29 is 14.9 Å². The molecule has 5 nitrogen and oxygen atoms in total. The second-order valence-corrected chi connectivity index (χ2v) is 5.56. The van der Waals surface area contributed by atoms with Crippen molar-refractivity contribution in [3.05, 3.63) is 35.4 Å². The summed E-state index contributed by atoms with van der Waals surface area (Å²) in [5.41, 5.74) is 7.59. The number of benzene rings is 1. The Morgan fingerprint density at radius 1 is 1.24 bits per heavy atom. The Hall–Kier alpha value is -0.980. The third-order valence-corrected chi connectivity index (χ3v) is 4.01. The van der Waals surface area contributed by atoms with E-state index in [2.05, 4.69) is 4.90 Å². The van der Waals surface area contributed by atoms with Crippen LogP contribution in [0.2, 0.25) is 0 Å². The van der Waals surface area contributed by atoms with Crippen molar-refractivity contribution in [2.24, 2.45) is 5.73 Å². The van der Waals surface area contributed by atoms with Crippen molar-refractivity contribution in [3.8, 4) is 0 Å². The van der Waals surface area contributed by atoms with E-state index in [0.29, 0.717) is 19.7 Å². The quantitative estimate of drug-likeness (QED) is 0.688. The van der Waals surface area contributed by atoms with Crippen molar-refractivity contribution in [1.29, 1.82) is 0 Å². The molecule has 1 saturated heterocycles. The monoisotopic (exact) mass is 294 g/mol. The minimum absolute atomic E-state index is 0.0811. The number of hydrogen-bond acceptors (Lipinski definition) is 5. The predicted molar refractivity (Wildman–Crippen MR) is 81.8 cm³/mol. The lowest BCUT2D eigenvalue weighted by molar-refractivity contribution is -0.0149. The first-order chi connectivity index (χ1) is 10.2. The van der Waals surface area contributed by atoms with E-state index in [9.17, 15) is 5.11 Å². The summed E-state index contributed by atoms with van der Waals surface area (Å²) in [5, 5.41) is 19.1. The van der Waals surface area contributed by atoms with Gasteiger partial charge in [0.25, 0.3) is 0 Å². The van der Waals surface area contributed by atoms with Crippen molar-refractivity contribution in [2.45, 2.75) is 31.6 Å². The maximum Gasteiger partial charge on any atom is 0.0916 e. The molecule has 1 fully saturated rings. The molecule has 2 rings (SSSR count). The molecule has 1 aliphatic rings. The Morgan fingerprint density at radius 3 is 2.48 bits per heavy atom. The summed E-state index contributed by atoms with van der Waals surface area (Å²) >= 11 is 0. The van der Waals surface area contributed by atoms with Crippen LogP contribution in [0.5, 0.6) is 0 Å². The number of likely N-dealkylation sites (tertiary alicyclic amines) is 1. The molecule has 1 aromatic carbocycles. The normalized spacial score (nSPS) is 18.8. The second-order valence-electron chi connectivity index (χ2n) is 5.56. The zero-order valence-electron chi connectivity index (χ0n) is 12.4. The average Bonchev–Trinajstić information content (AvgIpc) is 2.54. The molecule has 1 aromatic rings. The molecule has 4 N–H and O–H groups in total. The molecule has 0 aromatic heterocycles. The van der Waals surface area contributed by atoms with Crippen molar-refractivity contribution in [3.63, 3.8) is 0 Å². The topological polar surface area (TPSA) is 79.0 Å². The summed E-state index contributed by atoms with van der Waals surface area (Å²) in [7, 11) is 0. The number of nitrogens with zero attached hydrogens (tertiary/aromatic N) is 1.